The van der Waals surface area contributed by atoms with Crippen molar-refractivity contribution in [2.24, 2.45) is 0 Å². The lowest BCUT2D eigenvalue weighted by Gasteiger charge is -2.35. The third-order valence-electron chi connectivity index (χ3n) is 4.42. The molecule has 2 rings (SSSR count). The zero-order valence-electron chi connectivity index (χ0n) is 12.7. The Kier molecular flexibility index (Phi) is 5.57. The van der Waals surface area contributed by atoms with Crippen LogP contribution >= 0.6 is 0 Å². The van der Waals surface area contributed by atoms with E-state index in [1.807, 2.05) is 11.6 Å². The maximum Gasteiger partial charge on any atom is 0.0644 e. The number of likely N-dealkylation sites (tertiary alicyclic amines) is 1. The van der Waals surface area contributed by atoms with Crippen LogP contribution < -0.4 is 0 Å². The van der Waals surface area contributed by atoms with Crippen LogP contribution in [0.2, 0.25) is 0 Å². The lowest BCUT2D eigenvalue weighted by Crippen LogP contribution is -2.39. The van der Waals surface area contributed by atoms with Crippen molar-refractivity contribution in [2.45, 2.75) is 58.7 Å². The van der Waals surface area contributed by atoms with Crippen LogP contribution in [-0.4, -0.2) is 50.7 Å². The molecule has 0 amide bonds. The van der Waals surface area contributed by atoms with Crippen LogP contribution in [0, 0.1) is 13.8 Å². The van der Waals surface area contributed by atoms with E-state index in [9.17, 15) is 5.11 Å². The van der Waals surface area contributed by atoms with E-state index < -0.39 is 0 Å². The van der Waals surface area contributed by atoms with Gasteiger partial charge in [0.25, 0.3) is 0 Å². The van der Waals surface area contributed by atoms with Crippen molar-refractivity contribution in [3.05, 3.63) is 17.0 Å². The highest BCUT2D eigenvalue weighted by atomic mass is 16.3. The topological polar surface area (TPSA) is 61.5 Å². The lowest BCUT2D eigenvalue weighted by atomic mass is 9.98. The van der Waals surface area contributed by atoms with Crippen molar-refractivity contribution in [1.82, 2.24) is 14.7 Å². The van der Waals surface area contributed by atoms with Crippen LogP contribution in [0.25, 0.3) is 0 Å². The highest BCUT2D eigenvalue weighted by molar-refractivity contribution is 5.24. The number of aliphatic hydroxyl groups excluding tert-OH is 2. The van der Waals surface area contributed by atoms with Gasteiger partial charge >= 0.3 is 0 Å². The molecule has 1 aliphatic heterocycles. The van der Waals surface area contributed by atoms with Gasteiger partial charge in [-0.3, -0.25) is 9.58 Å². The summed E-state index contributed by atoms with van der Waals surface area (Å²) in [6, 6.07) is 0.494. The number of nitrogens with zero attached hydrogens (tertiary/aromatic N) is 3. The Hall–Kier alpha value is -0.910. The van der Waals surface area contributed by atoms with E-state index in [0.717, 1.165) is 30.9 Å². The second-order valence-electron chi connectivity index (χ2n) is 5.73. The van der Waals surface area contributed by atoms with E-state index in [1.165, 1.54) is 24.8 Å². The molecular formula is C15H27N3O2. The molecule has 1 saturated heterocycles. The molecule has 2 N–H and O–H groups in total. The number of rotatable bonds is 6. The fourth-order valence-corrected chi connectivity index (χ4v) is 3.22. The summed E-state index contributed by atoms with van der Waals surface area (Å²) in [6.45, 7) is 7.09. The molecule has 0 radical (unpaired) electrons. The quantitative estimate of drug-likeness (QED) is 0.823. The average Bonchev–Trinajstić information content (AvgIpc) is 2.69. The first-order chi connectivity index (χ1) is 9.67. The summed E-state index contributed by atoms with van der Waals surface area (Å²) in [7, 11) is 0. The number of piperidine rings is 1. The van der Waals surface area contributed by atoms with Crippen LogP contribution in [-0.2, 0) is 13.1 Å². The van der Waals surface area contributed by atoms with Gasteiger partial charge in [-0.15, -0.1) is 0 Å². The van der Waals surface area contributed by atoms with Crippen molar-refractivity contribution in [1.29, 1.82) is 0 Å². The predicted octanol–water partition coefficient (Wildman–Crippen LogP) is 1.23. The third kappa shape index (κ3) is 3.40. The number of hydrogen-bond donors (Lipinski definition) is 2. The second-order valence-corrected chi connectivity index (χ2v) is 5.73. The minimum absolute atomic E-state index is 0.123. The van der Waals surface area contributed by atoms with Crippen molar-refractivity contribution in [3.63, 3.8) is 0 Å². The second kappa shape index (κ2) is 7.20. The Morgan fingerprint density at radius 3 is 2.70 bits per heavy atom. The number of aromatic nitrogens is 2. The molecule has 0 spiro atoms. The van der Waals surface area contributed by atoms with Gasteiger partial charge in [-0.2, -0.15) is 5.10 Å². The van der Waals surface area contributed by atoms with E-state index in [1.54, 1.807) is 0 Å². The summed E-state index contributed by atoms with van der Waals surface area (Å²) in [5, 5.41) is 22.8. The van der Waals surface area contributed by atoms with Crippen LogP contribution in [0.5, 0.6) is 0 Å². The Bertz CT molecular complexity index is 429. The largest absolute Gasteiger partial charge is 0.396 e. The Balaban J connectivity index is 2.11. The van der Waals surface area contributed by atoms with Gasteiger partial charge in [0, 0.05) is 30.5 Å². The highest BCUT2D eigenvalue weighted by Crippen LogP contribution is 2.24. The molecule has 1 atom stereocenters. The summed E-state index contributed by atoms with van der Waals surface area (Å²) >= 11 is 0. The summed E-state index contributed by atoms with van der Waals surface area (Å²) in [4.78, 5) is 2.49. The zero-order valence-corrected chi connectivity index (χ0v) is 12.7. The lowest BCUT2D eigenvalue weighted by molar-refractivity contribution is 0.112. The molecule has 1 aromatic heterocycles. The normalized spacial score (nSPS) is 20.5. The van der Waals surface area contributed by atoms with E-state index in [2.05, 4.69) is 16.9 Å². The smallest absolute Gasteiger partial charge is 0.0644 e. The molecular weight excluding hydrogens is 254 g/mol. The van der Waals surface area contributed by atoms with Gasteiger partial charge in [0.1, 0.15) is 0 Å². The first-order valence-electron chi connectivity index (χ1n) is 7.66. The molecule has 5 nitrogen and oxygen atoms in total. The van der Waals surface area contributed by atoms with Crippen molar-refractivity contribution >= 4 is 0 Å². The maximum absolute atomic E-state index is 9.21. The average molecular weight is 281 g/mol. The fraction of sp³-hybridized carbons (Fsp3) is 0.800. The Morgan fingerprint density at radius 2 is 2.00 bits per heavy atom. The molecule has 114 valence electrons. The van der Waals surface area contributed by atoms with Crippen LogP contribution in [0.4, 0.5) is 0 Å². The molecule has 2 heterocycles. The summed E-state index contributed by atoms with van der Waals surface area (Å²) < 4.78 is 1.90. The van der Waals surface area contributed by atoms with Gasteiger partial charge < -0.3 is 10.2 Å². The van der Waals surface area contributed by atoms with Gasteiger partial charge in [0.15, 0.2) is 0 Å². The molecule has 0 saturated carbocycles. The number of hydrogen-bond acceptors (Lipinski definition) is 4. The molecule has 0 aromatic carbocycles. The highest BCUT2D eigenvalue weighted by Gasteiger charge is 2.24. The Morgan fingerprint density at radius 1 is 1.20 bits per heavy atom. The van der Waals surface area contributed by atoms with E-state index in [0.29, 0.717) is 12.6 Å². The van der Waals surface area contributed by atoms with Gasteiger partial charge in [-0.25, -0.2) is 0 Å². The predicted molar refractivity (Wildman–Crippen MR) is 78.5 cm³/mol. The minimum Gasteiger partial charge on any atom is -0.396 e. The van der Waals surface area contributed by atoms with Crippen LogP contribution in [0.1, 0.15) is 42.6 Å². The van der Waals surface area contributed by atoms with Crippen LogP contribution in [0.15, 0.2) is 0 Å². The molecule has 1 unspecified atom stereocenters. The van der Waals surface area contributed by atoms with Gasteiger partial charge in [-0.05, 0) is 39.7 Å². The summed E-state index contributed by atoms with van der Waals surface area (Å²) in [5.41, 5.74) is 3.50. The van der Waals surface area contributed by atoms with Gasteiger partial charge in [0.05, 0.1) is 18.8 Å². The maximum atomic E-state index is 9.21. The van der Waals surface area contributed by atoms with Gasteiger partial charge in [-0.1, -0.05) is 6.42 Å². The van der Waals surface area contributed by atoms with Crippen molar-refractivity contribution < 1.29 is 10.2 Å². The minimum atomic E-state index is 0.123. The molecule has 20 heavy (non-hydrogen) atoms. The first kappa shape index (κ1) is 15.5. The van der Waals surface area contributed by atoms with E-state index >= 15 is 0 Å². The van der Waals surface area contributed by atoms with E-state index in [4.69, 9.17) is 5.11 Å². The third-order valence-corrected chi connectivity index (χ3v) is 4.42. The van der Waals surface area contributed by atoms with Gasteiger partial charge in [0.2, 0.25) is 0 Å². The fourth-order valence-electron chi connectivity index (χ4n) is 3.22. The molecule has 0 aliphatic carbocycles. The van der Waals surface area contributed by atoms with Crippen molar-refractivity contribution in [2.75, 3.05) is 19.8 Å². The number of aliphatic hydroxyl groups is 2. The molecule has 1 aromatic rings. The van der Waals surface area contributed by atoms with E-state index in [-0.39, 0.29) is 13.2 Å². The molecule has 1 aliphatic rings. The molecule has 1 fully saturated rings. The van der Waals surface area contributed by atoms with Crippen LogP contribution in [0.3, 0.4) is 0 Å². The monoisotopic (exact) mass is 281 g/mol. The zero-order chi connectivity index (χ0) is 14.5. The number of aryl methyl sites for hydroxylation is 1. The van der Waals surface area contributed by atoms with Crippen molar-refractivity contribution in [3.8, 4) is 0 Å². The summed E-state index contributed by atoms with van der Waals surface area (Å²) in [6.07, 6.45) is 4.56. The molecule has 5 heteroatoms. The molecule has 0 bridgehead atoms. The standard InChI is InChI=1S/C15H27N3O2/c1-12-15(13(2)18(16-12)8-10-20)11-17-7-4-3-5-14(17)6-9-19/h14,19-20H,3-11H2,1-2H3. The Labute approximate surface area is 121 Å². The SMILES string of the molecule is Cc1nn(CCO)c(C)c1CN1CCCCC1CCO. The first-order valence-corrected chi connectivity index (χ1v) is 7.66. The summed E-state index contributed by atoms with van der Waals surface area (Å²) in [5.74, 6) is 0.